The maximum atomic E-state index is 12.9. The number of nitrogens with zero attached hydrogens (tertiary/aromatic N) is 5. The van der Waals surface area contributed by atoms with Gasteiger partial charge in [0.25, 0.3) is 5.56 Å². The summed E-state index contributed by atoms with van der Waals surface area (Å²) < 4.78 is 4.63. The highest BCUT2D eigenvalue weighted by molar-refractivity contribution is 5.71. The number of fused-ring (bicyclic) bond motifs is 1. The number of imidazole rings is 1. The molecule has 0 spiro atoms. The molecule has 1 aliphatic rings. The molecule has 0 aliphatic carbocycles. The Balaban J connectivity index is 1.86. The van der Waals surface area contributed by atoms with Gasteiger partial charge < -0.3 is 4.57 Å². The third kappa shape index (κ3) is 3.30. The molecule has 7 nitrogen and oxygen atoms in total. The van der Waals surface area contributed by atoms with Gasteiger partial charge >= 0.3 is 5.69 Å². The summed E-state index contributed by atoms with van der Waals surface area (Å²) in [5, 5.41) is 0. The minimum absolute atomic E-state index is 0.292. The van der Waals surface area contributed by atoms with Crippen LogP contribution in [0.2, 0.25) is 0 Å². The fraction of sp³-hybridized carbons (Fsp3) is 0.476. The van der Waals surface area contributed by atoms with Crippen molar-refractivity contribution in [1.29, 1.82) is 0 Å². The van der Waals surface area contributed by atoms with Crippen molar-refractivity contribution in [1.82, 2.24) is 23.6 Å². The van der Waals surface area contributed by atoms with Crippen LogP contribution in [0.3, 0.4) is 0 Å². The minimum Gasteiger partial charge on any atom is -0.317 e. The van der Waals surface area contributed by atoms with E-state index in [1.165, 1.54) is 24.5 Å². The van der Waals surface area contributed by atoms with Crippen LogP contribution in [-0.4, -0.2) is 36.7 Å². The van der Waals surface area contributed by atoms with Gasteiger partial charge in [-0.05, 0) is 30.9 Å². The van der Waals surface area contributed by atoms with Gasteiger partial charge in [0.2, 0.25) is 0 Å². The summed E-state index contributed by atoms with van der Waals surface area (Å²) in [4.78, 5) is 32.5. The molecule has 0 N–H and O–H groups in total. The molecule has 3 heterocycles. The van der Waals surface area contributed by atoms with Crippen molar-refractivity contribution in [3.63, 3.8) is 0 Å². The van der Waals surface area contributed by atoms with E-state index in [9.17, 15) is 9.59 Å². The third-order valence-corrected chi connectivity index (χ3v) is 5.72. The maximum Gasteiger partial charge on any atom is 0.332 e. The van der Waals surface area contributed by atoms with Crippen LogP contribution in [0.15, 0.2) is 39.9 Å². The lowest BCUT2D eigenvalue weighted by Gasteiger charge is -2.30. The lowest BCUT2D eigenvalue weighted by atomic mass is 10.0. The zero-order valence-corrected chi connectivity index (χ0v) is 16.8. The number of aryl methyl sites for hydroxylation is 1. The van der Waals surface area contributed by atoms with Gasteiger partial charge in [-0.25, -0.2) is 9.78 Å². The predicted molar refractivity (Wildman–Crippen MR) is 109 cm³/mol. The fourth-order valence-electron chi connectivity index (χ4n) is 4.18. The SMILES string of the molecule is C[C@H]1CCCN(Cc2nc3c(c(=O)n(C)c(=O)n3C)n2Cc2ccccc2)C1. The summed E-state index contributed by atoms with van der Waals surface area (Å²) in [6.45, 7) is 5.59. The lowest BCUT2D eigenvalue weighted by Crippen LogP contribution is -2.37. The van der Waals surface area contributed by atoms with Gasteiger partial charge in [-0.15, -0.1) is 0 Å². The largest absolute Gasteiger partial charge is 0.332 e. The van der Waals surface area contributed by atoms with Crippen LogP contribution in [0.4, 0.5) is 0 Å². The molecule has 2 aromatic heterocycles. The van der Waals surface area contributed by atoms with E-state index in [4.69, 9.17) is 4.98 Å². The molecule has 1 atom stereocenters. The highest BCUT2D eigenvalue weighted by Crippen LogP contribution is 2.20. The van der Waals surface area contributed by atoms with E-state index < -0.39 is 0 Å². The van der Waals surface area contributed by atoms with Gasteiger partial charge in [-0.3, -0.25) is 18.8 Å². The first-order valence-corrected chi connectivity index (χ1v) is 9.87. The van der Waals surface area contributed by atoms with Crippen molar-refractivity contribution in [2.75, 3.05) is 13.1 Å². The topological polar surface area (TPSA) is 65.1 Å². The summed E-state index contributed by atoms with van der Waals surface area (Å²) in [6.07, 6.45) is 2.44. The van der Waals surface area contributed by atoms with Gasteiger partial charge in [0, 0.05) is 27.2 Å². The summed E-state index contributed by atoms with van der Waals surface area (Å²) in [5.41, 5.74) is 1.42. The smallest absolute Gasteiger partial charge is 0.317 e. The van der Waals surface area contributed by atoms with Crippen LogP contribution in [0.1, 0.15) is 31.2 Å². The van der Waals surface area contributed by atoms with Crippen molar-refractivity contribution >= 4 is 11.2 Å². The van der Waals surface area contributed by atoms with E-state index in [-0.39, 0.29) is 11.2 Å². The van der Waals surface area contributed by atoms with Crippen molar-refractivity contribution in [2.45, 2.75) is 32.9 Å². The molecule has 0 bridgehead atoms. The van der Waals surface area contributed by atoms with Crippen molar-refractivity contribution in [3.8, 4) is 0 Å². The van der Waals surface area contributed by atoms with E-state index in [0.29, 0.717) is 30.2 Å². The highest BCUT2D eigenvalue weighted by Gasteiger charge is 2.23. The zero-order valence-electron chi connectivity index (χ0n) is 16.8. The molecule has 7 heteroatoms. The Morgan fingerprint density at radius 3 is 2.54 bits per heavy atom. The normalized spacial score (nSPS) is 18.0. The van der Waals surface area contributed by atoms with Crippen LogP contribution in [0, 0.1) is 5.92 Å². The molecule has 1 fully saturated rings. The van der Waals surface area contributed by atoms with Crippen LogP contribution >= 0.6 is 0 Å². The summed E-state index contributed by atoms with van der Waals surface area (Å²) in [7, 11) is 3.20. The molecule has 0 amide bonds. The highest BCUT2D eigenvalue weighted by atomic mass is 16.2. The summed E-state index contributed by atoms with van der Waals surface area (Å²) in [6, 6.07) is 10.1. The molecular weight excluding hydrogens is 354 g/mol. The Hall–Kier alpha value is -2.67. The molecule has 28 heavy (non-hydrogen) atoms. The standard InChI is InChI=1S/C21H27N5O2/c1-15-8-7-11-25(12-15)14-17-22-19-18(20(27)24(3)21(28)23(19)2)26(17)13-16-9-5-4-6-10-16/h4-6,9-10,15H,7-8,11-14H2,1-3H3/t15-/m0/s1. The third-order valence-electron chi connectivity index (χ3n) is 5.72. The predicted octanol–water partition coefficient (Wildman–Crippen LogP) is 1.71. The second-order valence-corrected chi connectivity index (χ2v) is 7.96. The van der Waals surface area contributed by atoms with Crippen LogP contribution in [0.25, 0.3) is 11.2 Å². The summed E-state index contributed by atoms with van der Waals surface area (Å²) in [5.74, 6) is 1.50. The molecule has 0 radical (unpaired) electrons. The molecule has 1 saturated heterocycles. The van der Waals surface area contributed by atoms with Gasteiger partial charge in [-0.1, -0.05) is 37.3 Å². The van der Waals surface area contributed by atoms with Crippen molar-refractivity contribution < 1.29 is 0 Å². The van der Waals surface area contributed by atoms with E-state index in [0.717, 1.165) is 29.0 Å². The van der Waals surface area contributed by atoms with E-state index >= 15 is 0 Å². The Labute approximate surface area is 163 Å². The Morgan fingerprint density at radius 1 is 1.07 bits per heavy atom. The van der Waals surface area contributed by atoms with E-state index in [1.54, 1.807) is 7.05 Å². The first kappa shape index (κ1) is 18.7. The van der Waals surface area contributed by atoms with Crippen molar-refractivity contribution in [2.24, 2.45) is 20.0 Å². The number of rotatable bonds is 4. The zero-order chi connectivity index (χ0) is 19.8. The Morgan fingerprint density at radius 2 is 1.82 bits per heavy atom. The average molecular weight is 381 g/mol. The number of aromatic nitrogens is 4. The minimum atomic E-state index is -0.347. The second kappa shape index (κ2) is 7.39. The fourth-order valence-corrected chi connectivity index (χ4v) is 4.18. The molecule has 0 saturated carbocycles. The van der Waals surface area contributed by atoms with Gasteiger partial charge in [0.15, 0.2) is 11.2 Å². The first-order chi connectivity index (χ1) is 13.5. The summed E-state index contributed by atoms with van der Waals surface area (Å²) >= 11 is 0. The van der Waals surface area contributed by atoms with Crippen LogP contribution in [0.5, 0.6) is 0 Å². The van der Waals surface area contributed by atoms with Gasteiger partial charge in [0.05, 0.1) is 6.54 Å². The number of piperidine rings is 1. The molecule has 148 valence electrons. The van der Waals surface area contributed by atoms with E-state index in [1.807, 2.05) is 34.9 Å². The monoisotopic (exact) mass is 381 g/mol. The van der Waals surface area contributed by atoms with Gasteiger partial charge in [-0.2, -0.15) is 0 Å². The molecule has 1 aromatic carbocycles. The molecule has 1 aliphatic heterocycles. The van der Waals surface area contributed by atoms with Crippen molar-refractivity contribution in [3.05, 3.63) is 62.6 Å². The number of benzene rings is 1. The Kier molecular flexibility index (Phi) is 4.93. The lowest BCUT2D eigenvalue weighted by molar-refractivity contribution is 0.171. The van der Waals surface area contributed by atoms with E-state index in [2.05, 4.69) is 11.8 Å². The quantitative estimate of drug-likeness (QED) is 0.690. The van der Waals surface area contributed by atoms with Gasteiger partial charge in [0.1, 0.15) is 5.82 Å². The maximum absolute atomic E-state index is 12.9. The molecule has 0 unspecified atom stereocenters. The molecular formula is C21H27N5O2. The van der Waals surface area contributed by atoms with Crippen LogP contribution in [-0.2, 0) is 27.2 Å². The number of likely N-dealkylation sites (tertiary alicyclic amines) is 1. The van der Waals surface area contributed by atoms with Crippen LogP contribution < -0.4 is 11.2 Å². The Bertz CT molecular complexity index is 1110. The number of hydrogen-bond acceptors (Lipinski definition) is 4. The molecule has 3 aromatic rings. The molecule has 4 rings (SSSR count). The first-order valence-electron chi connectivity index (χ1n) is 9.87. The number of hydrogen-bond donors (Lipinski definition) is 0. The second-order valence-electron chi connectivity index (χ2n) is 7.96. The average Bonchev–Trinajstić information content (AvgIpc) is 3.03.